The summed E-state index contributed by atoms with van der Waals surface area (Å²) in [5, 5.41) is 9.63. The third-order valence-corrected chi connectivity index (χ3v) is 7.66. The van der Waals surface area contributed by atoms with Gasteiger partial charge in [0.05, 0.1) is 33.0 Å². The van der Waals surface area contributed by atoms with Crippen LogP contribution in [-0.2, 0) is 59.6 Å². The summed E-state index contributed by atoms with van der Waals surface area (Å²) in [6, 6.07) is 39.1. The molecule has 1 N–H and O–H groups in total. The number of hydrogen-bond acceptors (Lipinski definition) is 7. The van der Waals surface area contributed by atoms with Crippen molar-refractivity contribution in [1.82, 2.24) is 0 Å². The van der Waals surface area contributed by atoms with Gasteiger partial charge in [-0.05, 0) is 28.3 Å². The van der Waals surface area contributed by atoms with Crippen LogP contribution in [0, 0.1) is 0 Å². The van der Waals surface area contributed by atoms with E-state index in [1.54, 1.807) is 0 Å². The summed E-state index contributed by atoms with van der Waals surface area (Å²) in [5.41, 5.74) is 3.83. The molecule has 4 aromatic rings. The molecule has 1 fully saturated rings. The van der Waals surface area contributed by atoms with E-state index in [0.29, 0.717) is 6.61 Å². The second kappa shape index (κ2) is 17.0. The summed E-state index contributed by atoms with van der Waals surface area (Å²) < 4.78 is 38.7. The Bertz CT molecular complexity index is 1470. The maximum atomic E-state index is 11.8. The highest BCUT2D eigenvalue weighted by atomic mass is 16.7. The summed E-state index contributed by atoms with van der Waals surface area (Å²) in [5.74, 6) is -2.85. The number of benzene rings is 4. The summed E-state index contributed by atoms with van der Waals surface area (Å²) in [6.45, 7) is 4.52. The maximum Gasteiger partial charge on any atom is 0.329 e. The largest absolute Gasteiger partial charge is 0.480 e. The third-order valence-electron chi connectivity index (χ3n) is 7.66. The molecule has 0 spiro atoms. The normalized spacial score (nSPS) is 22.7. The Hall–Kier alpha value is -4.15. The van der Waals surface area contributed by atoms with Crippen LogP contribution in [0.3, 0.4) is 0 Å². The van der Waals surface area contributed by atoms with E-state index in [1.807, 2.05) is 121 Å². The van der Waals surface area contributed by atoms with Crippen LogP contribution >= 0.6 is 0 Å². The fraction of sp³-hybridized carbons (Fsp3) is 0.289. The highest BCUT2D eigenvalue weighted by molar-refractivity contribution is 5.68. The first-order valence-electron chi connectivity index (χ1n) is 15.3. The number of hydrogen-bond donors (Lipinski definition) is 1. The van der Waals surface area contributed by atoms with Gasteiger partial charge in [-0.1, -0.05) is 128 Å². The maximum absolute atomic E-state index is 11.8. The molecule has 8 heteroatoms. The Kier molecular flexibility index (Phi) is 12.2. The molecule has 0 aliphatic carbocycles. The van der Waals surface area contributed by atoms with Gasteiger partial charge >= 0.3 is 5.97 Å². The van der Waals surface area contributed by atoms with E-state index in [4.69, 9.17) is 28.4 Å². The molecule has 0 radical (unpaired) electrons. The van der Waals surface area contributed by atoms with Gasteiger partial charge in [0.25, 0.3) is 0 Å². The first-order chi connectivity index (χ1) is 22.6. The molecule has 0 aromatic heterocycles. The average molecular weight is 625 g/mol. The molecular formula is C38H40O8. The van der Waals surface area contributed by atoms with E-state index < -0.39 is 42.8 Å². The Morgan fingerprint density at radius 2 is 1.11 bits per heavy atom. The molecule has 0 amide bonds. The van der Waals surface area contributed by atoms with Gasteiger partial charge in [-0.25, -0.2) is 4.79 Å². The molecule has 46 heavy (non-hydrogen) atoms. The van der Waals surface area contributed by atoms with Crippen LogP contribution in [-0.4, -0.2) is 54.5 Å². The van der Waals surface area contributed by atoms with Crippen LogP contribution in [0.4, 0.5) is 0 Å². The monoisotopic (exact) mass is 624 g/mol. The smallest absolute Gasteiger partial charge is 0.329 e. The molecule has 5 rings (SSSR count). The first-order valence-corrected chi connectivity index (χ1v) is 15.3. The van der Waals surface area contributed by atoms with Crippen LogP contribution in [0.2, 0.25) is 0 Å². The molecule has 0 unspecified atom stereocenters. The lowest BCUT2D eigenvalue weighted by molar-refractivity contribution is -0.362. The van der Waals surface area contributed by atoms with E-state index in [2.05, 4.69) is 6.58 Å². The van der Waals surface area contributed by atoms with Gasteiger partial charge in [-0.15, -0.1) is 0 Å². The average Bonchev–Trinajstić information content (AvgIpc) is 3.10. The van der Waals surface area contributed by atoms with Crippen LogP contribution in [0.15, 0.2) is 134 Å². The minimum absolute atomic E-state index is 0.108. The molecule has 5 atom stereocenters. The molecule has 240 valence electrons. The first kappa shape index (κ1) is 33.2. The van der Waals surface area contributed by atoms with Crippen LogP contribution in [0.1, 0.15) is 22.3 Å². The van der Waals surface area contributed by atoms with Crippen molar-refractivity contribution in [3.63, 3.8) is 0 Å². The van der Waals surface area contributed by atoms with Crippen molar-refractivity contribution >= 4 is 5.97 Å². The summed E-state index contributed by atoms with van der Waals surface area (Å²) in [6.07, 6.45) is -1.72. The second-order valence-electron chi connectivity index (χ2n) is 11.0. The summed E-state index contributed by atoms with van der Waals surface area (Å²) in [7, 11) is 0. The summed E-state index contributed by atoms with van der Waals surface area (Å²) >= 11 is 0. The Balaban J connectivity index is 1.50. The zero-order valence-corrected chi connectivity index (χ0v) is 25.7. The minimum Gasteiger partial charge on any atom is -0.480 e. The van der Waals surface area contributed by atoms with Crippen LogP contribution in [0.5, 0.6) is 0 Å². The van der Waals surface area contributed by atoms with E-state index in [9.17, 15) is 9.90 Å². The molecule has 0 saturated carbocycles. The van der Waals surface area contributed by atoms with Crippen molar-refractivity contribution in [2.45, 2.75) is 56.6 Å². The van der Waals surface area contributed by atoms with Crippen molar-refractivity contribution in [3.8, 4) is 0 Å². The lowest BCUT2D eigenvalue weighted by Gasteiger charge is -2.51. The Morgan fingerprint density at radius 3 is 1.57 bits per heavy atom. The van der Waals surface area contributed by atoms with E-state index in [0.717, 1.165) is 22.3 Å². The van der Waals surface area contributed by atoms with Gasteiger partial charge in [0.1, 0.15) is 31.0 Å². The van der Waals surface area contributed by atoms with Gasteiger partial charge < -0.3 is 33.5 Å². The van der Waals surface area contributed by atoms with Gasteiger partial charge in [0.2, 0.25) is 5.79 Å². The third kappa shape index (κ3) is 9.20. The fourth-order valence-electron chi connectivity index (χ4n) is 5.38. The van der Waals surface area contributed by atoms with E-state index in [1.165, 1.54) is 6.08 Å². The van der Waals surface area contributed by atoms with Crippen molar-refractivity contribution in [1.29, 1.82) is 0 Å². The molecule has 1 aliphatic rings. The molecule has 1 aliphatic heterocycles. The highest BCUT2D eigenvalue weighted by Crippen LogP contribution is 2.39. The van der Waals surface area contributed by atoms with Gasteiger partial charge in [-0.3, -0.25) is 0 Å². The van der Waals surface area contributed by atoms with Crippen molar-refractivity contribution in [2.75, 3.05) is 13.2 Å². The van der Waals surface area contributed by atoms with Crippen molar-refractivity contribution in [2.24, 2.45) is 0 Å². The predicted molar refractivity (Wildman–Crippen MR) is 173 cm³/mol. The minimum atomic E-state index is -1.69. The quantitative estimate of drug-likeness (QED) is 0.136. The van der Waals surface area contributed by atoms with E-state index in [-0.39, 0.29) is 26.4 Å². The fourth-order valence-corrected chi connectivity index (χ4v) is 5.38. The van der Waals surface area contributed by atoms with Gasteiger partial charge in [-0.2, -0.15) is 0 Å². The number of carbonyl (C=O) groups is 1. The number of carboxylic acid groups (broad SMARTS) is 1. The number of aliphatic carboxylic acids is 1. The molecule has 0 bridgehead atoms. The number of carboxylic acids is 1. The number of rotatable bonds is 17. The van der Waals surface area contributed by atoms with Gasteiger partial charge in [0.15, 0.2) is 0 Å². The highest BCUT2D eigenvalue weighted by Gasteiger charge is 2.57. The van der Waals surface area contributed by atoms with E-state index >= 15 is 0 Å². The zero-order valence-electron chi connectivity index (χ0n) is 25.7. The second-order valence-corrected chi connectivity index (χ2v) is 11.0. The lowest BCUT2D eigenvalue weighted by Crippen LogP contribution is -2.67. The SMILES string of the molecule is C=C[C@]1(OCC(=O)O)O[C@H](COCc2ccccc2)[C@@H](OCc2ccccc2)[C@H](OCc2ccccc2)[C@H]1OCc1ccccc1. The predicted octanol–water partition coefficient (Wildman–Crippen LogP) is 6.34. The van der Waals surface area contributed by atoms with Crippen molar-refractivity contribution < 1.29 is 38.3 Å². The molecule has 4 aromatic carbocycles. The molecule has 1 heterocycles. The Morgan fingerprint density at radius 1 is 0.674 bits per heavy atom. The van der Waals surface area contributed by atoms with Crippen molar-refractivity contribution in [3.05, 3.63) is 156 Å². The summed E-state index contributed by atoms with van der Waals surface area (Å²) in [4.78, 5) is 11.8. The zero-order chi connectivity index (χ0) is 32.0. The van der Waals surface area contributed by atoms with Crippen LogP contribution in [0.25, 0.3) is 0 Å². The van der Waals surface area contributed by atoms with Gasteiger partial charge in [0, 0.05) is 0 Å². The standard InChI is InChI=1S/C38H40O8/c1-2-38(45-28-34(39)40)37(44-26-32-21-13-6-14-22-32)36(43-25-31-19-11-5-12-20-31)35(42-24-30-17-9-4-10-18-30)33(46-38)27-41-23-29-15-7-3-8-16-29/h2-22,33,35-37H,1,23-28H2,(H,39,40)/t33-,35-,36+,37-,38+/m1/s1. The topological polar surface area (TPSA) is 92.7 Å². The molecule has 8 nitrogen and oxygen atoms in total. The molecular weight excluding hydrogens is 584 g/mol. The van der Waals surface area contributed by atoms with Crippen LogP contribution < -0.4 is 0 Å². The number of ether oxygens (including phenoxy) is 6. The lowest BCUT2D eigenvalue weighted by atomic mass is 9.91. The Labute approximate surface area is 270 Å². The molecule has 1 saturated heterocycles.